The van der Waals surface area contributed by atoms with Gasteiger partial charge in [-0.25, -0.2) is 4.79 Å². The summed E-state index contributed by atoms with van der Waals surface area (Å²) in [6.45, 7) is 1.59. The number of hydrogen-bond donors (Lipinski definition) is 0. The van der Waals surface area contributed by atoms with Crippen LogP contribution < -0.4 is 4.90 Å². The van der Waals surface area contributed by atoms with Crippen LogP contribution in [0, 0.1) is 16.0 Å². The minimum absolute atomic E-state index is 0.0148. The number of carbonyl (C=O) groups is 1. The Morgan fingerprint density at radius 3 is 2.50 bits per heavy atom. The van der Waals surface area contributed by atoms with Gasteiger partial charge in [0.15, 0.2) is 0 Å². The number of nitro benzene ring substituents is 1. The number of nitro groups is 1. The minimum Gasteiger partial charge on any atom is -0.456 e. The average molecular weight is 431 g/mol. The van der Waals surface area contributed by atoms with Crippen molar-refractivity contribution in [2.45, 2.75) is 25.9 Å². The third-order valence-corrected chi connectivity index (χ3v) is 5.81. The fraction of sp³-hybridized carbons (Fsp3) is 0.280. The van der Waals surface area contributed by atoms with Crippen LogP contribution >= 0.6 is 0 Å². The highest BCUT2D eigenvalue weighted by Crippen LogP contribution is 2.31. The third kappa shape index (κ3) is 5.29. The predicted molar refractivity (Wildman–Crippen MR) is 122 cm³/mol. The van der Waals surface area contributed by atoms with Gasteiger partial charge in [0.1, 0.15) is 6.61 Å². The molecule has 2 heterocycles. The van der Waals surface area contributed by atoms with Gasteiger partial charge in [0.2, 0.25) is 0 Å². The second-order valence-corrected chi connectivity index (χ2v) is 7.98. The zero-order valence-corrected chi connectivity index (χ0v) is 17.7. The van der Waals surface area contributed by atoms with Gasteiger partial charge in [0, 0.05) is 31.4 Å². The van der Waals surface area contributed by atoms with Crippen LogP contribution in [0.4, 0.5) is 11.4 Å². The van der Waals surface area contributed by atoms with E-state index in [-0.39, 0.29) is 17.9 Å². The largest absolute Gasteiger partial charge is 0.456 e. The van der Waals surface area contributed by atoms with E-state index >= 15 is 0 Å². The van der Waals surface area contributed by atoms with Gasteiger partial charge < -0.3 is 9.64 Å². The van der Waals surface area contributed by atoms with Crippen LogP contribution in [-0.2, 0) is 17.8 Å². The molecule has 0 bridgehead atoms. The van der Waals surface area contributed by atoms with Crippen molar-refractivity contribution in [1.82, 2.24) is 4.98 Å². The number of benzene rings is 2. The molecule has 4 rings (SSSR count). The number of esters is 1. The normalized spacial score (nSPS) is 14.2. The number of pyridine rings is 1. The van der Waals surface area contributed by atoms with Crippen molar-refractivity contribution in [3.63, 3.8) is 0 Å². The van der Waals surface area contributed by atoms with Crippen molar-refractivity contribution in [2.75, 3.05) is 18.0 Å². The number of ether oxygens (including phenoxy) is 1. The smallest absolute Gasteiger partial charge is 0.340 e. The van der Waals surface area contributed by atoms with E-state index in [1.54, 1.807) is 24.4 Å². The van der Waals surface area contributed by atoms with Crippen LogP contribution in [0.5, 0.6) is 0 Å². The molecule has 2 aromatic carbocycles. The van der Waals surface area contributed by atoms with Crippen LogP contribution in [0.3, 0.4) is 0 Å². The van der Waals surface area contributed by atoms with E-state index in [2.05, 4.69) is 34.1 Å². The van der Waals surface area contributed by atoms with Crippen molar-refractivity contribution in [3.8, 4) is 0 Å². The highest BCUT2D eigenvalue weighted by molar-refractivity contribution is 5.96. The molecule has 1 aliphatic rings. The number of piperidine rings is 1. The zero-order chi connectivity index (χ0) is 22.3. The molecule has 0 radical (unpaired) electrons. The van der Waals surface area contributed by atoms with Crippen LogP contribution in [0.1, 0.15) is 34.5 Å². The van der Waals surface area contributed by atoms with E-state index in [9.17, 15) is 14.9 Å². The van der Waals surface area contributed by atoms with Crippen molar-refractivity contribution in [2.24, 2.45) is 5.92 Å². The Kier molecular flexibility index (Phi) is 6.75. The van der Waals surface area contributed by atoms with Gasteiger partial charge in [0.25, 0.3) is 5.69 Å². The molecule has 1 saturated heterocycles. The standard InChI is InChI=1S/C25H25N3O4/c29-25(32-18-21-8-4-5-13-26-21)23-17-22(28(30)31)9-10-24(23)27-14-11-20(12-15-27)16-19-6-2-1-3-7-19/h1-10,13,17,20H,11-12,14-16,18H2. The van der Waals surface area contributed by atoms with Gasteiger partial charge in [-0.3, -0.25) is 15.1 Å². The number of hydrogen-bond acceptors (Lipinski definition) is 6. The second kappa shape index (κ2) is 10.0. The Morgan fingerprint density at radius 2 is 1.81 bits per heavy atom. The summed E-state index contributed by atoms with van der Waals surface area (Å²) in [5.41, 5.74) is 2.73. The van der Waals surface area contributed by atoms with Crippen molar-refractivity contribution in [1.29, 1.82) is 0 Å². The molecule has 1 fully saturated rings. The maximum absolute atomic E-state index is 12.9. The molecule has 7 nitrogen and oxygen atoms in total. The molecule has 0 spiro atoms. The lowest BCUT2D eigenvalue weighted by Crippen LogP contribution is -2.35. The first-order chi connectivity index (χ1) is 15.6. The molecule has 7 heteroatoms. The Bertz CT molecular complexity index is 1070. The molecule has 1 aromatic heterocycles. The van der Waals surface area contributed by atoms with Crippen molar-refractivity contribution >= 4 is 17.3 Å². The van der Waals surface area contributed by atoms with E-state index < -0.39 is 10.9 Å². The highest BCUT2D eigenvalue weighted by atomic mass is 16.6. The van der Waals surface area contributed by atoms with Gasteiger partial charge in [-0.15, -0.1) is 0 Å². The summed E-state index contributed by atoms with van der Waals surface area (Å²) in [7, 11) is 0. The quantitative estimate of drug-likeness (QED) is 0.303. The predicted octanol–water partition coefficient (Wildman–Crippen LogP) is 4.81. The summed E-state index contributed by atoms with van der Waals surface area (Å²) in [6.07, 6.45) is 4.65. The molecule has 0 N–H and O–H groups in total. The van der Waals surface area contributed by atoms with Crippen LogP contribution in [0.2, 0.25) is 0 Å². The number of anilines is 1. The Morgan fingerprint density at radius 1 is 1.06 bits per heavy atom. The Hall–Kier alpha value is -3.74. The van der Waals surface area contributed by atoms with Gasteiger partial charge in [-0.2, -0.15) is 0 Å². The second-order valence-electron chi connectivity index (χ2n) is 7.98. The SMILES string of the molecule is O=C(OCc1ccccn1)c1cc([N+](=O)[O-])ccc1N1CCC(Cc2ccccc2)CC1. The van der Waals surface area contributed by atoms with E-state index in [4.69, 9.17) is 4.74 Å². The molecular formula is C25H25N3O4. The van der Waals surface area contributed by atoms with Gasteiger partial charge in [-0.1, -0.05) is 36.4 Å². The Balaban J connectivity index is 1.47. The summed E-state index contributed by atoms with van der Waals surface area (Å²) >= 11 is 0. The van der Waals surface area contributed by atoms with E-state index in [0.29, 0.717) is 17.3 Å². The molecular weight excluding hydrogens is 406 g/mol. The number of nitrogens with zero attached hydrogens (tertiary/aromatic N) is 3. The van der Waals surface area contributed by atoms with Gasteiger partial charge in [-0.05, 0) is 48.9 Å². The lowest BCUT2D eigenvalue weighted by Gasteiger charge is -2.34. The van der Waals surface area contributed by atoms with Crippen LogP contribution in [0.15, 0.2) is 72.9 Å². The zero-order valence-electron chi connectivity index (χ0n) is 17.7. The molecule has 0 amide bonds. The monoisotopic (exact) mass is 431 g/mol. The summed E-state index contributed by atoms with van der Waals surface area (Å²) < 4.78 is 5.43. The number of carbonyl (C=O) groups excluding carboxylic acids is 1. The first-order valence-electron chi connectivity index (χ1n) is 10.7. The lowest BCUT2D eigenvalue weighted by molar-refractivity contribution is -0.384. The van der Waals surface area contributed by atoms with Crippen LogP contribution in [-0.4, -0.2) is 29.0 Å². The maximum atomic E-state index is 12.9. The molecule has 164 valence electrons. The number of aromatic nitrogens is 1. The summed E-state index contributed by atoms with van der Waals surface area (Å²) in [4.78, 5) is 29.9. The van der Waals surface area contributed by atoms with Crippen molar-refractivity contribution in [3.05, 3.63) is 99.9 Å². The Labute approximate surface area is 186 Å². The fourth-order valence-corrected chi connectivity index (χ4v) is 4.10. The van der Waals surface area contributed by atoms with Gasteiger partial charge in [0.05, 0.1) is 21.9 Å². The average Bonchev–Trinajstić information content (AvgIpc) is 2.84. The van der Waals surface area contributed by atoms with E-state index in [1.807, 2.05) is 12.1 Å². The minimum atomic E-state index is -0.583. The van der Waals surface area contributed by atoms with Crippen LogP contribution in [0.25, 0.3) is 0 Å². The summed E-state index contributed by atoms with van der Waals surface area (Å²) in [6, 6.07) is 20.2. The van der Waals surface area contributed by atoms with Gasteiger partial charge >= 0.3 is 5.97 Å². The lowest BCUT2D eigenvalue weighted by atomic mass is 9.90. The third-order valence-electron chi connectivity index (χ3n) is 5.81. The van der Waals surface area contributed by atoms with Crippen molar-refractivity contribution < 1.29 is 14.5 Å². The number of non-ortho nitro benzene ring substituents is 1. The molecule has 0 unspecified atom stereocenters. The molecule has 32 heavy (non-hydrogen) atoms. The fourth-order valence-electron chi connectivity index (χ4n) is 4.10. The molecule has 0 saturated carbocycles. The maximum Gasteiger partial charge on any atom is 0.340 e. The molecule has 1 aliphatic heterocycles. The topological polar surface area (TPSA) is 85.6 Å². The first-order valence-corrected chi connectivity index (χ1v) is 10.7. The molecule has 3 aromatic rings. The van der Waals surface area contributed by atoms with E-state index in [1.165, 1.54) is 17.7 Å². The first kappa shape index (κ1) is 21.5. The van der Waals surface area contributed by atoms with E-state index in [0.717, 1.165) is 32.4 Å². The molecule has 0 atom stereocenters. The molecule has 0 aliphatic carbocycles. The summed E-state index contributed by atoms with van der Waals surface area (Å²) in [5, 5.41) is 11.3. The highest BCUT2D eigenvalue weighted by Gasteiger charge is 2.25. The number of rotatable bonds is 7. The summed E-state index contributed by atoms with van der Waals surface area (Å²) in [5.74, 6) is -0.00739.